The van der Waals surface area contributed by atoms with Crippen molar-refractivity contribution in [2.75, 3.05) is 19.6 Å². The lowest BCUT2D eigenvalue weighted by atomic mass is 10.0. The van der Waals surface area contributed by atoms with Crippen molar-refractivity contribution in [1.29, 1.82) is 0 Å². The number of nitrogens with two attached hydrogens (primary N) is 1. The van der Waals surface area contributed by atoms with Crippen LogP contribution in [0, 0.1) is 0 Å². The van der Waals surface area contributed by atoms with E-state index in [2.05, 4.69) is 40.7 Å². The van der Waals surface area contributed by atoms with Crippen LogP contribution in [0.3, 0.4) is 0 Å². The molecule has 3 heteroatoms. The minimum Gasteiger partial charge on any atom is -0.324 e. The highest BCUT2D eigenvalue weighted by molar-refractivity contribution is 9.10. The molecule has 1 aromatic carbocycles. The molecule has 0 spiro atoms. The summed E-state index contributed by atoms with van der Waals surface area (Å²) in [5.41, 5.74) is 7.40. The topological polar surface area (TPSA) is 29.3 Å². The second kappa shape index (κ2) is 7.05. The van der Waals surface area contributed by atoms with Crippen molar-refractivity contribution in [3.63, 3.8) is 0 Å². The summed E-state index contributed by atoms with van der Waals surface area (Å²) in [6.45, 7) is 7.63. The molecule has 1 unspecified atom stereocenters. The minimum atomic E-state index is 0.121. The van der Waals surface area contributed by atoms with Gasteiger partial charge >= 0.3 is 0 Å². The first kappa shape index (κ1) is 13.7. The molecule has 0 saturated carbocycles. The van der Waals surface area contributed by atoms with Gasteiger partial charge in [-0.1, -0.05) is 48.0 Å². The highest BCUT2D eigenvalue weighted by Crippen LogP contribution is 2.23. The maximum absolute atomic E-state index is 6.20. The van der Waals surface area contributed by atoms with Gasteiger partial charge in [-0.2, -0.15) is 0 Å². The molecule has 0 amide bonds. The van der Waals surface area contributed by atoms with E-state index < -0.39 is 0 Å². The third-order valence-electron chi connectivity index (χ3n) is 2.96. The number of benzene rings is 1. The normalized spacial score (nSPS) is 13.1. The Kier molecular flexibility index (Phi) is 6.03. The molecule has 0 saturated heterocycles. The second-order valence-corrected chi connectivity index (χ2v) is 4.80. The first-order valence-electron chi connectivity index (χ1n) is 5.91. The predicted octanol–water partition coefficient (Wildman–Crippen LogP) is 3.18. The third-order valence-corrected chi connectivity index (χ3v) is 3.68. The summed E-state index contributed by atoms with van der Waals surface area (Å²) in [6, 6.07) is 8.32. The monoisotopic (exact) mass is 284 g/mol. The van der Waals surface area contributed by atoms with Gasteiger partial charge in [-0.3, -0.25) is 0 Å². The molecule has 0 aliphatic rings. The summed E-state index contributed by atoms with van der Waals surface area (Å²) in [6.07, 6.45) is 1.00. The highest BCUT2D eigenvalue weighted by Gasteiger charge is 2.10. The fourth-order valence-corrected chi connectivity index (χ4v) is 2.37. The molecule has 2 nitrogen and oxygen atoms in total. The Bertz CT molecular complexity index is 311. The molecule has 0 aromatic heterocycles. The lowest BCUT2D eigenvalue weighted by Gasteiger charge is -2.21. The molecule has 0 heterocycles. The van der Waals surface area contributed by atoms with Crippen LogP contribution in [0.1, 0.15) is 31.9 Å². The van der Waals surface area contributed by atoms with Gasteiger partial charge in [-0.25, -0.2) is 0 Å². The van der Waals surface area contributed by atoms with E-state index in [1.165, 1.54) is 5.56 Å². The van der Waals surface area contributed by atoms with E-state index in [1.807, 2.05) is 18.2 Å². The average Bonchev–Trinajstić information content (AvgIpc) is 2.30. The first-order valence-corrected chi connectivity index (χ1v) is 6.70. The Hall–Kier alpha value is -0.380. The van der Waals surface area contributed by atoms with E-state index in [0.29, 0.717) is 0 Å². The van der Waals surface area contributed by atoms with Gasteiger partial charge in [0.05, 0.1) is 0 Å². The largest absolute Gasteiger partial charge is 0.324 e. The van der Waals surface area contributed by atoms with Crippen molar-refractivity contribution in [1.82, 2.24) is 4.90 Å². The van der Waals surface area contributed by atoms with Crippen molar-refractivity contribution in [2.45, 2.75) is 26.3 Å². The van der Waals surface area contributed by atoms with Crippen LogP contribution >= 0.6 is 15.9 Å². The molecule has 2 N–H and O–H groups in total. The Labute approximate surface area is 107 Å². The molecule has 0 bridgehead atoms. The van der Waals surface area contributed by atoms with Gasteiger partial charge in [-0.15, -0.1) is 0 Å². The second-order valence-electron chi connectivity index (χ2n) is 3.94. The molecule has 1 aromatic rings. The van der Waals surface area contributed by atoms with Gasteiger partial charge in [0.25, 0.3) is 0 Å². The molecule has 0 aliphatic heterocycles. The smallest absolute Gasteiger partial charge is 0.0318 e. The zero-order chi connectivity index (χ0) is 12.0. The average molecular weight is 285 g/mol. The third kappa shape index (κ3) is 3.89. The van der Waals surface area contributed by atoms with Crippen molar-refractivity contribution in [2.24, 2.45) is 5.73 Å². The van der Waals surface area contributed by atoms with E-state index in [0.717, 1.165) is 30.5 Å². The van der Waals surface area contributed by atoms with Crippen LogP contribution in [0.25, 0.3) is 0 Å². The van der Waals surface area contributed by atoms with Crippen molar-refractivity contribution in [3.8, 4) is 0 Å². The molecular weight excluding hydrogens is 264 g/mol. The Balaban J connectivity index is 2.52. The standard InChI is InChI=1S/C13H21BrN2/c1-3-16(4-2)10-9-13(15)11-7-5-6-8-12(11)14/h5-8,13H,3-4,9-10,15H2,1-2H3. The number of halogens is 1. The minimum absolute atomic E-state index is 0.121. The van der Waals surface area contributed by atoms with Gasteiger partial charge in [0.15, 0.2) is 0 Å². The van der Waals surface area contributed by atoms with Crippen LogP contribution < -0.4 is 5.73 Å². The van der Waals surface area contributed by atoms with Crippen molar-refractivity contribution in [3.05, 3.63) is 34.3 Å². The lowest BCUT2D eigenvalue weighted by Crippen LogP contribution is -2.27. The van der Waals surface area contributed by atoms with E-state index >= 15 is 0 Å². The molecule has 1 rings (SSSR count). The van der Waals surface area contributed by atoms with Crippen LogP contribution in [-0.4, -0.2) is 24.5 Å². The van der Waals surface area contributed by atoms with E-state index in [9.17, 15) is 0 Å². The molecule has 1 atom stereocenters. The molecule has 0 radical (unpaired) electrons. The van der Waals surface area contributed by atoms with Gasteiger partial charge in [0.2, 0.25) is 0 Å². The van der Waals surface area contributed by atoms with E-state index in [4.69, 9.17) is 5.73 Å². The van der Waals surface area contributed by atoms with Crippen LogP contribution in [0.5, 0.6) is 0 Å². The van der Waals surface area contributed by atoms with Gasteiger partial charge in [0.1, 0.15) is 0 Å². The quantitative estimate of drug-likeness (QED) is 0.869. The summed E-state index contributed by atoms with van der Waals surface area (Å²) in [5.74, 6) is 0. The molecule has 0 fully saturated rings. The fraction of sp³-hybridized carbons (Fsp3) is 0.538. The molecule has 16 heavy (non-hydrogen) atoms. The highest BCUT2D eigenvalue weighted by atomic mass is 79.9. The van der Waals surface area contributed by atoms with E-state index in [-0.39, 0.29) is 6.04 Å². The Morgan fingerprint density at radius 1 is 1.25 bits per heavy atom. The number of rotatable bonds is 6. The number of hydrogen-bond donors (Lipinski definition) is 1. The zero-order valence-electron chi connectivity index (χ0n) is 10.1. The summed E-state index contributed by atoms with van der Waals surface area (Å²) >= 11 is 3.54. The summed E-state index contributed by atoms with van der Waals surface area (Å²) in [7, 11) is 0. The maximum Gasteiger partial charge on any atom is 0.0318 e. The zero-order valence-corrected chi connectivity index (χ0v) is 11.7. The van der Waals surface area contributed by atoms with Crippen molar-refractivity contribution >= 4 is 15.9 Å². The molecule has 0 aliphatic carbocycles. The lowest BCUT2D eigenvalue weighted by molar-refractivity contribution is 0.290. The van der Waals surface area contributed by atoms with Crippen molar-refractivity contribution < 1.29 is 0 Å². The van der Waals surface area contributed by atoms with Crippen LogP contribution in [-0.2, 0) is 0 Å². The number of hydrogen-bond acceptors (Lipinski definition) is 2. The summed E-state index contributed by atoms with van der Waals surface area (Å²) < 4.78 is 1.11. The van der Waals surface area contributed by atoms with Crippen LogP contribution in [0.4, 0.5) is 0 Å². The molecular formula is C13H21BrN2. The maximum atomic E-state index is 6.20. The van der Waals surface area contributed by atoms with Gasteiger partial charge < -0.3 is 10.6 Å². The summed E-state index contributed by atoms with van der Waals surface area (Å²) in [4.78, 5) is 2.40. The Morgan fingerprint density at radius 2 is 1.88 bits per heavy atom. The van der Waals surface area contributed by atoms with Crippen LogP contribution in [0.2, 0.25) is 0 Å². The van der Waals surface area contributed by atoms with Gasteiger partial charge in [0, 0.05) is 10.5 Å². The number of nitrogens with zero attached hydrogens (tertiary/aromatic N) is 1. The predicted molar refractivity (Wildman–Crippen MR) is 73.5 cm³/mol. The van der Waals surface area contributed by atoms with Gasteiger partial charge in [-0.05, 0) is 37.7 Å². The Morgan fingerprint density at radius 3 is 2.44 bits per heavy atom. The fourth-order valence-electron chi connectivity index (χ4n) is 1.79. The first-order chi connectivity index (χ1) is 7.69. The molecule has 90 valence electrons. The SMILES string of the molecule is CCN(CC)CCC(N)c1ccccc1Br. The van der Waals surface area contributed by atoms with E-state index in [1.54, 1.807) is 0 Å². The van der Waals surface area contributed by atoms with Crippen LogP contribution in [0.15, 0.2) is 28.7 Å². The summed E-state index contributed by atoms with van der Waals surface area (Å²) in [5, 5.41) is 0.